The van der Waals surface area contributed by atoms with Crippen LogP contribution in [-0.4, -0.2) is 16.0 Å². The van der Waals surface area contributed by atoms with Crippen molar-refractivity contribution in [2.45, 2.75) is 13.8 Å². The molecule has 0 radical (unpaired) electrons. The molecule has 18 heavy (non-hydrogen) atoms. The second kappa shape index (κ2) is 4.87. The number of nitrogens with one attached hydrogen (secondary N) is 1. The van der Waals surface area contributed by atoms with E-state index in [9.17, 15) is 9.90 Å². The third-order valence-electron chi connectivity index (χ3n) is 2.61. The molecule has 0 aliphatic rings. The summed E-state index contributed by atoms with van der Waals surface area (Å²) in [5.74, 6) is 0.0262. The summed E-state index contributed by atoms with van der Waals surface area (Å²) >= 11 is 0. The van der Waals surface area contributed by atoms with Crippen molar-refractivity contribution in [2.75, 3.05) is 5.32 Å². The van der Waals surface area contributed by atoms with E-state index in [1.807, 2.05) is 6.92 Å². The SMILES string of the molecule is Cc1cc(C(=O)Nc2ccc(O)c(C)c2)ccn1. The Hall–Kier alpha value is -2.36. The van der Waals surface area contributed by atoms with E-state index >= 15 is 0 Å². The van der Waals surface area contributed by atoms with Gasteiger partial charge >= 0.3 is 0 Å². The van der Waals surface area contributed by atoms with Crippen LogP contribution in [0, 0.1) is 13.8 Å². The molecule has 92 valence electrons. The van der Waals surface area contributed by atoms with Gasteiger partial charge in [0.1, 0.15) is 5.75 Å². The number of pyridine rings is 1. The Labute approximate surface area is 105 Å². The van der Waals surface area contributed by atoms with Crippen LogP contribution in [0.1, 0.15) is 21.6 Å². The van der Waals surface area contributed by atoms with E-state index < -0.39 is 0 Å². The summed E-state index contributed by atoms with van der Waals surface area (Å²) < 4.78 is 0. The summed E-state index contributed by atoms with van der Waals surface area (Å²) in [5.41, 5.74) is 2.74. The molecule has 0 saturated carbocycles. The maximum absolute atomic E-state index is 12.0. The number of phenols is 1. The van der Waals surface area contributed by atoms with Crippen LogP contribution >= 0.6 is 0 Å². The first kappa shape index (κ1) is 12.1. The lowest BCUT2D eigenvalue weighted by Gasteiger charge is -2.07. The zero-order valence-electron chi connectivity index (χ0n) is 10.3. The van der Waals surface area contributed by atoms with E-state index in [1.165, 1.54) is 0 Å². The fourth-order valence-corrected chi connectivity index (χ4v) is 1.62. The number of amides is 1. The number of carbonyl (C=O) groups excluding carboxylic acids is 1. The molecular weight excluding hydrogens is 228 g/mol. The average Bonchev–Trinajstić information content (AvgIpc) is 2.34. The summed E-state index contributed by atoms with van der Waals surface area (Å²) in [5, 5.41) is 12.2. The van der Waals surface area contributed by atoms with Crippen molar-refractivity contribution in [1.29, 1.82) is 0 Å². The second-order valence-corrected chi connectivity index (χ2v) is 4.14. The fraction of sp³-hybridized carbons (Fsp3) is 0.143. The predicted molar refractivity (Wildman–Crippen MR) is 69.8 cm³/mol. The lowest BCUT2D eigenvalue weighted by molar-refractivity contribution is 0.102. The molecule has 0 aliphatic heterocycles. The van der Waals surface area contributed by atoms with Gasteiger partial charge in [0.2, 0.25) is 0 Å². The van der Waals surface area contributed by atoms with Gasteiger partial charge in [-0.3, -0.25) is 9.78 Å². The Morgan fingerprint density at radius 1 is 1.22 bits per heavy atom. The Kier molecular flexibility index (Phi) is 3.28. The number of carbonyl (C=O) groups is 1. The van der Waals surface area contributed by atoms with Gasteiger partial charge in [-0.05, 0) is 49.7 Å². The molecule has 0 bridgehead atoms. The summed E-state index contributed by atoms with van der Waals surface area (Å²) in [7, 11) is 0. The summed E-state index contributed by atoms with van der Waals surface area (Å²) in [6.45, 7) is 3.61. The van der Waals surface area contributed by atoms with Crippen LogP contribution in [0.3, 0.4) is 0 Å². The number of benzene rings is 1. The first-order chi connectivity index (χ1) is 8.56. The highest BCUT2D eigenvalue weighted by Crippen LogP contribution is 2.20. The molecule has 1 amide bonds. The molecule has 0 fully saturated rings. The quantitative estimate of drug-likeness (QED) is 0.796. The Balaban J connectivity index is 2.18. The molecule has 0 unspecified atom stereocenters. The van der Waals surface area contributed by atoms with Crippen molar-refractivity contribution in [3.05, 3.63) is 53.3 Å². The molecule has 4 heteroatoms. The zero-order valence-corrected chi connectivity index (χ0v) is 10.3. The van der Waals surface area contributed by atoms with Gasteiger partial charge in [0, 0.05) is 23.1 Å². The van der Waals surface area contributed by atoms with Crippen LogP contribution in [0.15, 0.2) is 36.5 Å². The highest BCUT2D eigenvalue weighted by atomic mass is 16.3. The van der Waals surface area contributed by atoms with E-state index in [2.05, 4.69) is 10.3 Å². The highest BCUT2D eigenvalue weighted by Gasteiger charge is 2.07. The molecule has 2 rings (SSSR count). The first-order valence-electron chi connectivity index (χ1n) is 5.60. The van der Waals surface area contributed by atoms with Crippen molar-refractivity contribution >= 4 is 11.6 Å². The summed E-state index contributed by atoms with van der Waals surface area (Å²) in [6, 6.07) is 8.33. The molecule has 1 aromatic heterocycles. The van der Waals surface area contributed by atoms with Gasteiger partial charge in [-0.1, -0.05) is 0 Å². The van der Waals surface area contributed by atoms with Crippen molar-refractivity contribution in [2.24, 2.45) is 0 Å². The van der Waals surface area contributed by atoms with Crippen LogP contribution in [0.5, 0.6) is 5.75 Å². The Morgan fingerprint density at radius 3 is 2.67 bits per heavy atom. The number of hydrogen-bond acceptors (Lipinski definition) is 3. The summed E-state index contributed by atoms with van der Waals surface area (Å²) in [4.78, 5) is 16.0. The zero-order chi connectivity index (χ0) is 13.1. The fourth-order valence-electron chi connectivity index (χ4n) is 1.62. The first-order valence-corrected chi connectivity index (χ1v) is 5.60. The van der Waals surface area contributed by atoms with Crippen LogP contribution in [-0.2, 0) is 0 Å². The van der Waals surface area contributed by atoms with Crippen LogP contribution in [0.4, 0.5) is 5.69 Å². The number of nitrogens with zero attached hydrogens (tertiary/aromatic N) is 1. The molecule has 0 atom stereocenters. The van der Waals surface area contributed by atoms with Crippen LogP contribution < -0.4 is 5.32 Å². The average molecular weight is 242 g/mol. The minimum atomic E-state index is -0.189. The van der Waals surface area contributed by atoms with Gasteiger partial charge in [-0.15, -0.1) is 0 Å². The predicted octanol–water partition coefficient (Wildman–Crippen LogP) is 2.66. The molecule has 1 aromatic carbocycles. The Bertz CT molecular complexity index is 594. The molecule has 2 N–H and O–H groups in total. The number of aromatic hydroxyl groups is 1. The number of rotatable bonds is 2. The van der Waals surface area contributed by atoms with Gasteiger partial charge in [0.05, 0.1) is 0 Å². The number of aryl methyl sites for hydroxylation is 2. The van der Waals surface area contributed by atoms with Gasteiger partial charge in [-0.25, -0.2) is 0 Å². The van der Waals surface area contributed by atoms with E-state index in [0.29, 0.717) is 11.3 Å². The van der Waals surface area contributed by atoms with E-state index in [1.54, 1.807) is 43.5 Å². The summed E-state index contributed by atoms with van der Waals surface area (Å²) in [6.07, 6.45) is 1.60. The normalized spacial score (nSPS) is 10.1. The molecule has 0 saturated heterocycles. The molecular formula is C14H14N2O2. The topological polar surface area (TPSA) is 62.2 Å². The molecule has 0 aliphatic carbocycles. The Morgan fingerprint density at radius 2 is 2.00 bits per heavy atom. The number of hydrogen-bond donors (Lipinski definition) is 2. The van der Waals surface area contributed by atoms with E-state index in [4.69, 9.17) is 0 Å². The third kappa shape index (κ3) is 2.66. The van der Waals surface area contributed by atoms with Crippen molar-refractivity contribution in [3.63, 3.8) is 0 Å². The minimum Gasteiger partial charge on any atom is -0.508 e. The molecule has 4 nitrogen and oxygen atoms in total. The second-order valence-electron chi connectivity index (χ2n) is 4.14. The van der Waals surface area contributed by atoms with Gasteiger partial charge in [-0.2, -0.15) is 0 Å². The van der Waals surface area contributed by atoms with E-state index in [0.717, 1.165) is 11.3 Å². The molecule has 0 spiro atoms. The van der Waals surface area contributed by atoms with Gasteiger partial charge in [0.15, 0.2) is 0 Å². The number of aromatic nitrogens is 1. The van der Waals surface area contributed by atoms with Crippen molar-refractivity contribution in [3.8, 4) is 5.75 Å². The monoisotopic (exact) mass is 242 g/mol. The molecule has 2 aromatic rings. The highest BCUT2D eigenvalue weighted by molar-refractivity contribution is 6.04. The maximum atomic E-state index is 12.0. The third-order valence-corrected chi connectivity index (χ3v) is 2.61. The largest absolute Gasteiger partial charge is 0.508 e. The van der Waals surface area contributed by atoms with Crippen LogP contribution in [0.2, 0.25) is 0 Å². The lowest BCUT2D eigenvalue weighted by Crippen LogP contribution is -2.12. The smallest absolute Gasteiger partial charge is 0.255 e. The van der Waals surface area contributed by atoms with Gasteiger partial charge < -0.3 is 10.4 Å². The lowest BCUT2D eigenvalue weighted by atomic mass is 10.2. The maximum Gasteiger partial charge on any atom is 0.255 e. The van der Waals surface area contributed by atoms with Gasteiger partial charge in [0.25, 0.3) is 5.91 Å². The standard InChI is InChI=1S/C14H14N2O2/c1-9-7-12(3-4-13(9)17)16-14(18)11-5-6-15-10(2)8-11/h3-8,17H,1-2H3,(H,16,18). The number of phenolic OH excluding ortho intramolecular Hbond substituents is 1. The van der Waals surface area contributed by atoms with Crippen LogP contribution in [0.25, 0.3) is 0 Å². The van der Waals surface area contributed by atoms with E-state index in [-0.39, 0.29) is 11.7 Å². The number of anilines is 1. The van der Waals surface area contributed by atoms with Crippen molar-refractivity contribution in [1.82, 2.24) is 4.98 Å². The molecule has 1 heterocycles. The minimum absolute atomic E-state index is 0.189. The van der Waals surface area contributed by atoms with Crippen molar-refractivity contribution < 1.29 is 9.90 Å².